The van der Waals surface area contributed by atoms with Crippen molar-refractivity contribution in [2.75, 3.05) is 6.61 Å². The van der Waals surface area contributed by atoms with Crippen LogP contribution in [0.3, 0.4) is 0 Å². The summed E-state index contributed by atoms with van der Waals surface area (Å²) in [5.74, 6) is 1.60. The zero-order valence-corrected chi connectivity index (χ0v) is 11.0. The van der Waals surface area contributed by atoms with Crippen molar-refractivity contribution in [3.8, 4) is 11.5 Å². The van der Waals surface area contributed by atoms with Crippen LogP contribution in [0, 0.1) is 0 Å². The van der Waals surface area contributed by atoms with Crippen LogP contribution in [-0.2, 0) is 6.54 Å². The van der Waals surface area contributed by atoms with Crippen LogP contribution in [-0.4, -0.2) is 12.7 Å². The van der Waals surface area contributed by atoms with E-state index in [2.05, 4.69) is 13.8 Å². The van der Waals surface area contributed by atoms with Gasteiger partial charge in [-0.15, -0.1) is 0 Å². The molecule has 0 bridgehead atoms. The second kappa shape index (κ2) is 7.17. The van der Waals surface area contributed by atoms with E-state index in [0.29, 0.717) is 13.2 Å². The van der Waals surface area contributed by atoms with Gasteiger partial charge in [-0.1, -0.05) is 19.4 Å². The molecule has 96 valence electrons. The molecule has 0 saturated heterocycles. The number of benzene rings is 1. The summed E-state index contributed by atoms with van der Waals surface area (Å²) >= 11 is 0. The second-order valence-corrected chi connectivity index (χ2v) is 4.14. The third-order valence-electron chi connectivity index (χ3n) is 2.57. The summed E-state index contributed by atoms with van der Waals surface area (Å²) in [5, 5.41) is 0. The van der Waals surface area contributed by atoms with E-state index >= 15 is 0 Å². The van der Waals surface area contributed by atoms with Crippen LogP contribution in [0.2, 0.25) is 0 Å². The van der Waals surface area contributed by atoms with Gasteiger partial charge in [0.15, 0.2) is 11.5 Å². The summed E-state index contributed by atoms with van der Waals surface area (Å²) in [6.07, 6.45) is 2.37. The van der Waals surface area contributed by atoms with Crippen LogP contribution in [0.4, 0.5) is 0 Å². The van der Waals surface area contributed by atoms with Crippen molar-refractivity contribution in [2.45, 2.75) is 46.3 Å². The molecule has 0 fully saturated rings. The summed E-state index contributed by atoms with van der Waals surface area (Å²) in [4.78, 5) is 0. The maximum absolute atomic E-state index is 5.87. The van der Waals surface area contributed by atoms with E-state index in [9.17, 15) is 0 Å². The molecule has 2 N–H and O–H groups in total. The Bertz CT molecular complexity index is 339. The van der Waals surface area contributed by atoms with Gasteiger partial charge in [0.05, 0.1) is 12.7 Å². The van der Waals surface area contributed by atoms with Crippen molar-refractivity contribution in [1.29, 1.82) is 0 Å². The minimum absolute atomic E-state index is 0.211. The highest BCUT2D eigenvalue weighted by Gasteiger charge is 2.09. The number of rotatable bonds is 7. The predicted molar refractivity (Wildman–Crippen MR) is 70.5 cm³/mol. The molecular weight excluding hydrogens is 214 g/mol. The van der Waals surface area contributed by atoms with Crippen molar-refractivity contribution < 1.29 is 9.47 Å². The highest BCUT2D eigenvalue weighted by Crippen LogP contribution is 2.29. The van der Waals surface area contributed by atoms with E-state index in [4.69, 9.17) is 15.2 Å². The van der Waals surface area contributed by atoms with Crippen LogP contribution in [0.25, 0.3) is 0 Å². The molecule has 0 radical (unpaired) electrons. The molecule has 1 atom stereocenters. The van der Waals surface area contributed by atoms with Gasteiger partial charge >= 0.3 is 0 Å². The van der Waals surface area contributed by atoms with E-state index in [-0.39, 0.29) is 6.10 Å². The Kier molecular flexibility index (Phi) is 5.84. The largest absolute Gasteiger partial charge is 0.490 e. The smallest absolute Gasteiger partial charge is 0.161 e. The van der Waals surface area contributed by atoms with Crippen molar-refractivity contribution in [3.63, 3.8) is 0 Å². The van der Waals surface area contributed by atoms with Crippen LogP contribution in [0.15, 0.2) is 18.2 Å². The van der Waals surface area contributed by atoms with Gasteiger partial charge in [-0.3, -0.25) is 0 Å². The number of ether oxygens (including phenoxy) is 2. The molecule has 1 unspecified atom stereocenters. The molecule has 17 heavy (non-hydrogen) atoms. The molecule has 1 aromatic carbocycles. The maximum Gasteiger partial charge on any atom is 0.161 e. The van der Waals surface area contributed by atoms with Crippen molar-refractivity contribution in [3.05, 3.63) is 23.8 Å². The lowest BCUT2D eigenvalue weighted by Gasteiger charge is -2.17. The van der Waals surface area contributed by atoms with Gasteiger partial charge in [0.1, 0.15) is 0 Å². The minimum atomic E-state index is 0.211. The number of hydrogen-bond acceptors (Lipinski definition) is 3. The fraction of sp³-hybridized carbons (Fsp3) is 0.571. The van der Waals surface area contributed by atoms with Crippen LogP contribution >= 0.6 is 0 Å². The van der Waals surface area contributed by atoms with Gasteiger partial charge in [-0.25, -0.2) is 0 Å². The van der Waals surface area contributed by atoms with Gasteiger partial charge in [0, 0.05) is 6.54 Å². The lowest BCUT2D eigenvalue weighted by molar-refractivity contribution is 0.197. The molecule has 0 aliphatic carbocycles. The molecule has 0 saturated carbocycles. The molecule has 0 aliphatic rings. The Hall–Kier alpha value is -1.22. The Balaban J connectivity index is 2.81. The van der Waals surface area contributed by atoms with Crippen LogP contribution in [0.5, 0.6) is 11.5 Å². The Morgan fingerprint density at radius 1 is 1.24 bits per heavy atom. The van der Waals surface area contributed by atoms with E-state index < -0.39 is 0 Å². The molecule has 0 aromatic heterocycles. The predicted octanol–water partition coefficient (Wildman–Crippen LogP) is 3.11. The van der Waals surface area contributed by atoms with Crippen molar-refractivity contribution in [2.24, 2.45) is 5.73 Å². The average molecular weight is 237 g/mol. The van der Waals surface area contributed by atoms with Crippen molar-refractivity contribution in [1.82, 2.24) is 0 Å². The van der Waals surface area contributed by atoms with Crippen LogP contribution in [0.1, 0.15) is 39.2 Å². The molecular formula is C14H23NO2. The third kappa shape index (κ3) is 4.27. The summed E-state index contributed by atoms with van der Waals surface area (Å²) in [6, 6.07) is 5.88. The molecule has 1 rings (SSSR count). The first-order chi connectivity index (χ1) is 8.21. The fourth-order valence-electron chi connectivity index (χ4n) is 1.73. The quantitative estimate of drug-likeness (QED) is 0.792. The first-order valence-corrected chi connectivity index (χ1v) is 6.33. The standard InChI is InChI=1S/C14H23NO2/c1-4-6-11(3)17-13-8-7-12(10-15)9-14(13)16-5-2/h7-9,11H,4-6,10,15H2,1-3H3. The highest BCUT2D eigenvalue weighted by molar-refractivity contribution is 5.43. The molecule has 0 heterocycles. The van der Waals surface area contributed by atoms with E-state index in [0.717, 1.165) is 29.9 Å². The zero-order valence-electron chi connectivity index (χ0n) is 11.0. The van der Waals surface area contributed by atoms with E-state index in [1.54, 1.807) is 0 Å². The number of hydrogen-bond donors (Lipinski definition) is 1. The maximum atomic E-state index is 5.87. The van der Waals surface area contributed by atoms with Gasteiger partial charge in [-0.05, 0) is 38.0 Å². The lowest BCUT2D eigenvalue weighted by Crippen LogP contribution is -2.12. The molecule has 1 aromatic rings. The van der Waals surface area contributed by atoms with Gasteiger partial charge in [0.2, 0.25) is 0 Å². The first kappa shape index (κ1) is 13.8. The van der Waals surface area contributed by atoms with E-state index in [1.807, 2.05) is 25.1 Å². The second-order valence-electron chi connectivity index (χ2n) is 4.14. The topological polar surface area (TPSA) is 44.5 Å². The summed E-state index contributed by atoms with van der Waals surface area (Å²) < 4.78 is 11.5. The Morgan fingerprint density at radius 3 is 2.59 bits per heavy atom. The molecule has 3 heteroatoms. The Morgan fingerprint density at radius 2 is 2.00 bits per heavy atom. The zero-order chi connectivity index (χ0) is 12.7. The normalized spacial score (nSPS) is 12.2. The molecule has 3 nitrogen and oxygen atoms in total. The summed E-state index contributed by atoms with van der Waals surface area (Å²) in [5.41, 5.74) is 6.68. The van der Waals surface area contributed by atoms with Gasteiger partial charge < -0.3 is 15.2 Å². The highest BCUT2D eigenvalue weighted by atomic mass is 16.5. The average Bonchev–Trinajstić information content (AvgIpc) is 2.32. The van der Waals surface area contributed by atoms with Gasteiger partial charge in [0.25, 0.3) is 0 Å². The monoisotopic (exact) mass is 237 g/mol. The molecule has 0 aliphatic heterocycles. The molecule has 0 spiro atoms. The fourth-order valence-corrected chi connectivity index (χ4v) is 1.73. The Labute approximate surface area is 104 Å². The van der Waals surface area contributed by atoms with E-state index in [1.165, 1.54) is 0 Å². The third-order valence-corrected chi connectivity index (χ3v) is 2.57. The van der Waals surface area contributed by atoms with Gasteiger partial charge in [-0.2, -0.15) is 0 Å². The minimum Gasteiger partial charge on any atom is -0.490 e. The number of nitrogens with two attached hydrogens (primary N) is 1. The van der Waals surface area contributed by atoms with Crippen molar-refractivity contribution >= 4 is 0 Å². The SMILES string of the molecule is CCCC(C)Oc1ccc(CN)cc1OCC. The summed E-state index contributed by atoms with van der Waals surface area (Å²) in [6.45, 7) is 7.35. The van der Waals surface area contributed by atoms with Crippen LogP contribution < -0.4 is 15.2 Å². The lowest BCUT2D eigenvalue weighted by atomic mass is 10.2. The first-order valence-electron chi connectivity index (χ1n) is 6.33. The summed E-state index contributed by atoms with van der Waals surface area (Å²) in [7, 11) is 0. The molecule has 0 amide bonds.